The molecule has 4 aromatic rings. The molecule has 0 saturated heterocycles. The first-order valence-corrected chi connectivity index (χ1v) is 12.8. The van der Waals surface area contributed by atoms with Crippen molar-refractivity contribution in [2.75, 3.05) is 14.1 Å². The first-order valence-electron chi connectivity index (χ1n) is 12.4. The van der Waals surface area contributed by atoms with Gasteiger partial charge in [-0.2, -0.15) is 13.2 Å². The van der Waals surface area contributed by atoms with E-state index in [-0.39, 0.29) is 35.5 Å². The van der Waals surface area contributed by atoms with Gasteiger partial charge in [-0.25, -0.2) is 9.97 Å². The number of fused-ring (bicyclic) bond motifs is 1. The topological polar surface area (TPSA) is 80.1 Å². The molecule has 2 heterocycles. The third-order valence-electron chi connectivity index (χ3n) is 5.86. The number of amides is 1. The van der Waals surface area contributed by atoms with E-state index in [1.807, 2.05) is 20.8 Å². The largest absolute Gasteiger partial charge is 0.416 e. The van der Waals surface area contributed by atoms with Crippen LogP contribution < -0.4 is 10.9 Å². The minimum Gasteiger partial charge on any atom is -0.350 e. The summed E-state index contributed by atoms with van der Waals surface area (Å²) in [7, 11) is 3.53. The predicted molar refractivity (Wildman–Crippen MR) is 150 cm³/mol. The fraction of sp³-hybridized carbons (Fsp3) is 0.310. The van der Waals surface area contributed by atoms with E-state index in [9.17, 15) is 22.8 Å². The molecule has 0 aliphatic carbocycles. The zero-order valence-corrected chi connectivity index (χ0v) is 23.5. The average Bonchev–Trinajstić information content (AvgIpc) is 2.83. The van der Waals surface area contributed by atoms with Crippen molar-refractivity contribution in [2.24, 2.45) is 0 Å². The second-order valence-corrected chi connectivity index (χ2v) is 11.3. The summed E-state index contributed by atoms with van der Waals surface area (Å²) in [6, 6.07) is 11.9. The molecule has 0 aliphatic rings. The van der Waals surface area contributed by atoms with Crippen molar-refractivity contribution in [3.8, 4) is 22.5 Å². The summed E-state index contributed by atoms with van der Waals surface area (Å²) in [5.41, 5.74) is -0.255. The molecule has 1 amide bonds. The Balaban J connectivity index is 1.91. The van der Waals surface area contributed by atoms with Crippen molar-refractivity contribution in [2.45, 2.75) is 45.6 Å². The number of carbonyl (C=O) groups is 1. The van der Waals surface area contributed by atoms with E-state index >= 15 is 0 Å². The van der Waals surface area contributed by atoms with E-state index in [1.54, 1.807) is 49.3 Å². The summed E-state index contributed by atoms with van der Waals surface area (Å²) in [4.78, 5) is 37.4. The van der Waals surface area contributed by atoms with E-state index in [2.05, 4.69) is 15.3 Å². The molecule has 0 saturated carbocycles. The van der Waals surface area contributed by atoms with Crippen LogP contribution in [0.1, 0.15) is 31.9 Å². The first-order chi connectivity index (χ1) is 18.6. The zero-order chi connectivity index (χ0) is 29.4. The van der Waals surface area contributed by atoms with E-state index in [1.165, 1.54) is 16.8 Å². The van der Waals surface area contributed by atoms with Crippen LogP contribution in [0.2, 0.25) is 5.02 Å². The Bertz CT molecular complexity index is 1640. The maximum atomic E-state index is 13.8. The van der Waals surface area contributed by atoms with E-state index in [0.29, 0.717) is 21.7 Å². The number of nitrogens with zero attached hydrogens (tertiary/aromatic N) is 4. The summed E-state index contributed by atoms with van der Waals surface area (Å²) in [5, 5.41) is 3.32. The highest BCUT2D eigenvalue weighted by molar-refractivity contribution is 6.30. The Morgan fingerprint density at radius 2 is 1.75 bits per heavy atom. The smallest absolute Gasteiger partial charge is 0.350 e. The number of nitrogens with one attached hydrogen (secondary N) is 1. The molecular formula is C29H29ClF3N5O2. The SMILES string of the molecule is CN(C)Cc1cc(-c2cnc3nc(-c4cccc(Cl)c4)n(CC(=O)NC(C)(C)C)c(=O)c3c2)cc(C(F)(F)F)c1. The van der Waals surface area contributed by atoms with Crippen molar-refractivity contribution in [1.29, 1.82) is 0 Å². The van der Waals surface area contributed by atoms with Gasteiger partial charge in [-0.15, -0.1) is 0 Å². The van der Waals surface area contributed by atoms with Gasteiger partial charge < -0.3 is 10.2 Å². The van der Waals surface area contributed by atoms with Crippen LogP contribution >= 0.6 is 11.6 Å². The van der Waals surface area contributed by atoms with Crippen LogP contribution in [-0.4, -0.2) is 45.0 Å². The Hall–Kier alpha value is -3.76. The molecule has 0 spiro atoms. The fourth-order valence-electron chi connectivity index (χ4n) is 4.34. The minimum atomic E-state index is -4.55. The van der Waals surface area contributed by atoms with Crippen molar-refractivity contribution in [3.05, 3.63) is 81.2 Å². The second kappa shape index (κ2) is 11.0. The lowest BCUT2D eigenvalue weighted by molar-refractivity contribution is -0.137. The second-order valence-electron chi connectivity index (χ2n) is 10.9. The lowest BCUT2D eigenvalue weighted by Crippen LogP contribution is -2.43. The Labute approximate surface area is 234 Å². The molecule has 0 fully saturated rings. The van der Waals surface area contributed by atoms with Gasteiger partial charge in [0.15, 0.2) is 5.65 Å². The van der Waals surface area contributed by atoms with E-state index < -0.39 is 28.7 Å². The van der Waals surface area contributed by atoms with Crippen LogP contribution in [0.4, 0.5) is 13.2 Å². The number of alkyl halides is 3. The summed E-state index contributed by atoms with van der Waals surface area (Å²) < 4.78 is 42.3. The molecule has 11 heteroatoms. The van der Waals surface area contributed by atoms with Crippen LogP contribution in [0.25, 0.3) is 33.5 Å². The molecule has 2 aromatic heterocycles. The maximum Gasteiger partial charge on any atom is 0.416 e. The average molecular weight is 572 g/mol. The molecular weight excluding hydrogens is 543 g/mol. The number of hydrogen-bond donors (Lipinski definition) is 1. The summed E-state index contributed by atoms with van der Waals surface area (Å²) in [5.74, 6) is -0.217. The molecule has 2 aromatic carbocycles. The van der Waals surface area contributed by atoms with Crippen molar-refractivity contribution >= 4 is 28.5 Å². The molecule has 40 heavy (non-hydrogen) atoms. The lowest BCUT2D eigenvalue weighted by Gasteiger charge is -2.21. The number of rotatable bonds is 6. The quantitative estimate of drug-likeness (QED) is 0.318. The summed E-state index contributed by atoms with van der Waals surface area (Å²) >= 11 is 6.18. The monoisotopic (exact) mass is 571 g/mol. The Morgan fingerprint density at radius 1 is 1.02 bits per heavy atom. The van der Waals surface area contributed by atoms with E-state index in [4.69, 9.17) is 11.6 Å². The number of carbonyl (C=O) groups excluding carboxylic acids is 1. The van der Waals surface area contributed by atoms with Gasteiger partial charge in [0, 0.05) is 34.4 Å². The molecule has 0 atom stereocenters. The van der Waals surface area contributed by atoms with Crippen molar-refractivity contribution < 1.29 is 18.0 Å². The third-order valence-corrected chi connectivity index (χ3v) is 6.10. The number of aromatic nitrogens is 3. The van der Waals surface area contributed by atoms with Gasteiger partial charge in [-0.05, 0) is 82.4 Å². The van der Waals surface area contributed by atoms with Crippen LogP contribution in [0.3, 0.4) is 0 Å². The van der Waals surface area contributed by atoms with Gasteiger partial charge in [0.1, 0.15) is 12.4 Å². The third kappa shape index (κ3) is 6.86. The predicted octanol–water partition coefficient (Wildman–Crippen LogP) is 5.77. The van der Waals surface area contributed by atoms with Gasteiger partial charge in [0.2, 0.25) is 5.91 Å². The minimum absolute atomic E-state index is 0.0680. The Morgan fingerprint density at radius 3 is 2.38 bits per heavy atom. The molecule has 0 aliphatic heterocycles. The zero-order valence-electron chi connectivity index (χ0n) is 22.7. The van der Waals surface area contributed by atoms with Crippen molar-refractivity contribution in [3.63, 3.8) is 0 Å². The maximum absolute atomic E-state index is 13.8. The van der Waals surface area contributed by atoms with Gasteiger partial charge in [-0.3, -0.25) is 14.2 Å². The fourth-order valence-corrected chi connectivity index (χ4v) is 4.53. The van der Waals surface area contributed by atoms with Crippen LogP contribution in [0.15, 0.2) is 59.5 Å². The van der Waals surface area contributed by atoms with Gasteiger partial charge >= 0.3 is 6.18 Å². The van der Waals surface area contributed by atoms with Gasteiger partial charge in [-0.1, -0.05) is 23.7 Å². The number of halogens is 4. The molecule has 0 radical (unpaired) electrons. The number of benzene rings is 2. The summed E-state index contributed by atoms with van der Waals surface area (Å²) in [6.07, 6.45) is -3.16. The highest BCUT2D eigenvalue weighted by atomic mass is 35.5. The van der Waals surface area contributed by atoms with E-state index in [0.717, 1.165) is 12.1 Å². The van der Waals surface area contributed by atoms with Crippen LogP contribution in [-0.2, 0) is 24.1 Å². The van der Waals surface area contributed by atoms with Crippen LogP contribution in [0.5, 0.6) is 0 Å². The first kappa shape index (κ1) is 29.2. The molecule has 7 nitrogen and oxygen atoms in total. The van der Waals surface area contributed by atoms with Crippen LogP contribution in [0, 0.1) is 0 Å². The molecule has 1 N–H and O–H groups in total. The highest BCUT2D eigenvalue weighted by Gasteiger charge is 2.31. The molecule has 0 bridgehead atoms. The number of hydrogen-bond acceptors (Lipinski definition) is 5. The highest BCUT2D eigenvalue weighted by Crippen LogP contribution is 2.34. The van der Waals surface area contributed by atoms with Gasteiger partial charge in [0.25, 0.3) is 5.56 Å². The molecule has 210 valence electrons. The molecule has 0 unspecified atom stereocenters. The number of pyridine rings is 1. The lowest BCUT2D eigenvalue weighted by atomic mass is 9.99. The molecule has 4 rings (SSSR count). The van der Waals surface area contributed by atoms with Gasteiger partial charge in [0.05, 0.1) is 10.9 Å². The normalized spacial score (nSPS) is 12.2. The van der Waals surface area contributed by atoms with Crippen molar-refractivity contribution in [1.82, 2.24) is 24.8 Å². The Kier molecular flexibility index (Phi) is 8.05. The standard InChI is InChI=1S/C29H29ClF3N5O2/c1-28(2,3)36-24(39)16-38-26(18-7-6-8-22(30)12-18)35-25-23(27(38)40)13-20(14-34-25)19-9-17(15-37(4)5)10-21(11-19)29(31,32)33/h6-14H,15-16H2,1-5H3,(H,36,39). The summed E-state index contributed by atoms with van der Waals surface area (Å²) in [6.45, 7) is 5.42.